The molecule has 1 aliphatic heterocycles. The lowest BCUT2D eigenvalue weighted by Crippen LogP contribution is -2.40. The Morgan fingerprint density at radius 1 is 0.500 bits per heavy atom. The maximum Gasteiger partial charge on any atom is 0.219 e. The first kappa shape index (κ1) is 35.4. The number of para-hydroxylation sites is 1. The maximum absolute atomic E-state index is 10.6. The van der Waals surface area contributed by atoms with Crippen molar-refractivity contribution in [3.63, 3.8) is 0 Å². The Morgan fingerprint density at radius 2 is 1.12 bits per heavy atom. The van der Waals surface area contributed by atoms with Gasteiger partial charge < -0.3 is 14.7 Å². The Kier molecular flexibility index (Phi) is 8.78. The predicted octanol–water partition coefficient (Wildman–Crippen LogP) is 13.3. The second-order valence-electron chi connectivity index (χ2n) is 15.4. The van der Waals surface area contributed by atoms with E-state index in [9.17, 15) is 5.11 Å². The molecule has 0 radical (unpaired) electrons. The fraction of sp³-hybridized carbons (Fsp3) is 0.0545. The number of phenolic OH excluding ortho intramolecular Hbond substituents is 1. The summed E-state index contributed by atoms with van der Waals surface area (Å²) in [6, 6.07) is 71.6. The van der Waals surface area contributed by atoms with Gasteiger partial charge in [0.2, 0.25) is 5.88 Å². The van der Waals surface area contributed by atoms with Crippen molar-refractivity contribution in [3.8, 4) is 61.9 Å². The molecule has 2 aliphatic rings. The molecule has 0 unspecified atom stereocenters. The van der Waals surface area contributed by atoms with Gasteiger partial charge >= 0.3 is 0 Å². The van der Waals surface area contributed by atoms with Gasteiger partial charge in [-0.1, -0.05) is 164 Å². The van der Waals surface area contributed by atoms with Crippen molar-refractivity contribution in [2.24, 2.45) is 4.99 Å². The summed E-state index contributed by atoms with van der Waals surface area (Å²) in [6.07, 6.45) is 0.784. The second kappa shape index (κ2) is 14.9. The molecule has 0 bridgehead atoms. The van der Waals surface area contributed by atoms with Gasteiger partial charge in [-0.25, -0.2) is 4.98 Å². The summed E-state index contributed by atoms with van der Waals surface area (Å²) in [6.45, 7) is 0. The quantitative estimate of drug-likeness (QED) is 0.175. The van der Waals surface area contributed by atoms with Gasteiger partial charge in [0, 0.05) is 28.1 Å². The van der Waals surface area contributed by atoms with Crippen molar-refractivity contribution in [2.75, 3.05) is 4.90 Å². The normalized spacial score (nSPS) is 15.4. The zero-order valence-electron chi connectivity index (χ0n) is 32.7. The van der Waals surface area contributed by atoms with Crippen molar-refractivity contribution in [3.05, 3.63) is 223 Å². The summed E-state index contributed by atoms with van der Waals surface area (Å²) in [5, 5.41) is 11.4. The number of amidine groups is 1. The number of benzene rings is 8. The minimum Gasteiger partial charge on any atom is -0.506 e. The highest BCUT2D eigenvalue weighted by Crippen LogP contribution is 2.51. The molecule has 60 heavy (non-hydrogen) atoms. The van der Waals surface area contributed by atoms with Crippen LogP contribution in [0.3, 0.4) is 0 Å². The molecule has 0 spiro atoms. The van der Waals surface area contributed by atoms with Gasteiger partial charge in [0.1, 0.15) is 22.9 Å². The molecule has 8 aromatic carbocycles. The largest absolute Gasteiger partial charge is 0.506 e. The molecule has 286 valence electrons. The number of pyridine rings is 1. The van der Waals surface area contributed by atoms with Crippen LogP contribution < -0.4 is 9.64 Å². The Labute approximate surface area is 349 Å². The molecule has 0 amide bonds. The first-order valence-corrected chi connectivity index (χ1v) is 20.4. The SMILES string of the molecule is Oc1cccc2ccc(Oc3cccc(C4=N[C@H]5c6ccccc6-c6ccccc6C[C@H]5N4c4c(-c5ccccc5)cc(-c5ccccc5)cc4-c4ccccc4)c3)nc12. The summed E-state index contributed by atoms with van der Waals surface area (Å²) < 4.78 is 6.48. The third-order valence-corrected chi connectivity index (χ3v) is 11.8. The van der Waals surface area contributed by atoms with Gasteiger partial charge in [-0.2, -0.15) is 0 Å². The summed E-state index contributed by atoms with van der Waals surface area (Å²) >= 11 is 0. The van der Waals surface area contributed by atoms with E-state index in [0.29, 0.717) is 17.1 Å². The summed E-state index contributed by atoms with van der Waals surface area (Å²) in [4.78, 5) is 13.0. The smallest absolute Gasteiger partial charge is 0.219 e. The lowest BCUT2D eigenvalue weighted by atomic mass is 9.88. The van der Waals surface area contributed by atoms with E-state index in [1.54, 1.807) is 6.07 Å². The van der Waals surface area contributed by atoms with Crippen LogP contribution in [0.1, 0.15) is 22.7 Å². The van der Waals surface area contributed by atoms with Crippen LogP contribution in [0, 0.1) is 0 Å². The van der Waals surface area contributed by atoms with Crippen LogP contribution in [0.4, 0.5) is 5.69 Å². The Morgan fingerprint density at radius 3 is 1.85 bits per heavy atom. The maximum atomic E-state index is 10.6. The van der Waals surface area contributed by atoms with Crippen molar-refractivity contribution in [1.82, 2.24) is 4.98 Å². The number of anilines is 1. The van der Waals surface area contributed by atoms with Crippen LogP contribution in [0.5, 0.6) is 17.4 Å². The number of hydrogen-bond acceptors (Lipinski definition) is 5. The van der Waals surface area contributed by atoms with Gasteiger partial charge in [-0.3, -0.25) is 4.99 Å². The molecule has 0 saturated carbocycles. The molecule has 1 aliphatic carbocycles. The Hall–Kier alpha value is -7.76. The predicted molar refractivity (Wildman–Crippen MR) is 244 cm³/mol. The minimum atomic E-state index is -0.167. The average Bonchev–Trinajstić information content (AvgIpc) is 3.61. The number of phenols is 1. The molecule has 5 nitrogen and oxygen atoms in total. The highest BCUT2D eigenvalue weighted by molar-refractivity contribution is 6.16. The number of ether oxygens (including phenoxy) is 1. The molecule has 2 atom stereocenters. The molecule has 9 aromatic rings. The second-order valence-corrected chi connectivity index (χ2v) is 15.4. The number of nitrogens with zero attached hydrogens (tertiary/aromatic N) is 3. The molecular formula is C55H39N3O2. The van der Waals surface area contributed by atoms with Crippen LogP contribution in [-0.4, -0.2) is 22.0 Å². The summed E-state index contributed by atoms with van der Waals surface area (Å²) in [5.74, 6) is 2.01. The molecule has 0 fully saturated rings. The van der Waals surface area contributed by atoms with Gasteiger partial charge in [-0.05, 0) is 87.3 Å². The van der Waals surface area contributed by atoms with E-state index in [1.165, 1.54) is 22.3 Å². The third kappa shape index (κ3) is 6.28. The van der Waals surface area contributed by atoms with E-state index in [4.69, 9.17) is 9.73 Å². The number of aromatic hydroxyl groups is 1. The van der Waals surface area contributed by atoms with Crippen LogP contribution in [0.25, 0.3) is 55.4 Å². The highest BCUT2D eigenvalue weighted by atomic mass is 16.5. The zero-order valence-corrected chi connectivity index (χ0v) is 32.7. The highest BCUT2D eigenvalue weighted by Gasteiger charge is 2.43. The van der Waals surface area contributed by atoms with E-state index < -0.39 is 0 Å². The number of hydrogen-bond donors (Lipinski definition) is 1. The standard InChI is InChI=1S/C55H39N3O2/c59-50-29-15-23-39-30-31-51(56-52(39)50)60-43-25-14-24-41(32-43)55-57-53-46-28-13-12-27-45(46)44-26-11-10-22-40(44)35-49(53)58(55)54-47(37-18-6-2-7-19-37)33-42(36-16-4-1-5-17-36)34-48(54)38-20-8-3-9-21-38/h1-34,49,53,59H,35H2/t49-,53+/m1/s1. The van der Waals surface area contributed by atoms with E-state index in [0.717, 1.165) is 62.3 Å². The van der Waals surface area contributed by atoms with Gasteiger partial charge in [0.25, 0.3) is 0 Å². The fourth-order valence-electron chi connectivity index (χ4n) is 9.09. The number of aromatic nitrogens is 1. The molecule has 5 heteroatoms. The molecular weight excluding hydrogens is 735 g/mol. The first-order chi connectivity index (χ1) is 29.7. The van der Waals surface area contributed by atoms with Crippen LogP contribution in [0.15, 0.2) is 211 Å². The summed E-state index contributed by atoms with van der Waals surface area (Å²) in [5.41, 5.74) is 14.3. The van der Waals surface area contributed by atoms with Crippen molar-refractivity contribution >= 4 is 22.4 Å². The zero-order chi connectivity index (χ0) is 40.0. The van der Waals surface area contributed by atoms with Gasteiger partial charge in [-0.15, -0.1) is 0 Å². The topological polar surface area (TPSA) is 58.0 Å². The van der Waals surface area contributed by atoms with Crippen molar-refractivity contribution < 1.29 is 9.84 Å². The monoisotopic (exact) mass is 773 g/mol. The van der Waals surface area contributed by atoms with E-state index in [1.807, 2.05) is 36.4 Å². The fourth-order valence-corrected chi connectivity index (χ4v) is 9.09. The van der Waals surface area contributed by atoms with Crippen LogP contribution in [0.2, 0.25) is 0 Å². The van der Waals surface area contributed by atoms with Crippen molar-refractivity contribution in [1.29, 1.82) is 0 Å². The molecule has 1 aromatic heterocycles. The van der Waals surface area contributed by atoms with E-state index in [-0.39, 0.29) is 17.8 Å². The minimum absolute atomic E-state index is 0.0630. The Balaban J connectivity index is 1.16. The molecule has 1 N–H and O–H groups in total. The van der Waals surface area contributed by atoms with E-state index in [2.05, 4.69) is 174 Å². The lowest BCUT2D eigenvalue weighted by Gasteiger charge is -2.34. The van der Waals surface area contributed by atoms with Crippen LogP contribution in [-0.2, 0) is 6.42 Å². The molecule has 2 heterocycles. The molecule has 11 rings (SSSR count). The number of rotatable bonds is 7. The lowest BCUT2D eigenvalue weighted by molar-refractivity contribution is 0.460. The third-order valence-electron chi connectivity index (χ3n) is 11.8. The Bertz CT molecular complexity index is 3010. The van der Waals surface area contributed by atoms with Gasteiger partial charge in [0.15, 0.2) is 0 Å². The van der Waals surface area contributed by atoms with Crippen LogP contribution >= 0.6 is 0 Å². The number of aliphatic imine (C=N–C) groups is 1. The molecule has 0 saturated heterocycles. The van der Waals surface area contributed by atoms with Crippen molar-refractivity contribution in [2.45, 2.75) is 18.5 Å². The van der Waals surface area contributed by atoms with E-state index >= 15 is 0 Å². The first-order valence-electron chi connectivity index (χ1n) is 20.4. The summed E-state index contributed by atoms with van der Waals surface area (Å²) in [7, 11) is 0. The number of fused-ring (bicyclic) bond motifs is 6. The average molecular weight is 774 g/mol. The van der Waals surface area contributed by atoms with Gasteiger partial charge in [0.05, 0.1) is 17.8 Å².